The van der Waals surface area contributed by atoms with E-state index in [1.165, 1.54) is 10.9 Å². The van der Waals surface area contributed by atoms with E-state index in [1.54, 1.807) is 0 Å². The highest BCUT2D eigenvalue weighted by atomic mass is 31.2. The molecule has 0 aromatic carbocycles. The van der Waals surface area contributed by atoms with Crippen molar-refractivity contribution in [2.75, 3.05) is 12.3 Å². The lowest BCUT2D eigenvalue weighted by Gasteiger charge is -2.29. The third-order valence-electron chi connectivity index (χ3n) is 3.72. The molecule has 0 aliphatic carbocycles. The van der Waals surface area contributed by atoms with Gasteiger partial charge in [0.2, 0.25) is 5.95 Å². The van der Waals surface area contributed by atoms with Crippen LogP contribution in [0.5, 0.6) is 0 Å². The molecule has 6 N–H and O–H groups in total. The number of nitrogens with one attached hydrogen (secondary N) is 1. The van der Waals surface area contributed by atoms with Gasteiger partial charge in [-0.15, -0.1) is 0 Å². The topological polar surface area (TPSA) is 181 Å². The summed E-state index contributed by atoms with van der Waals surface area (Å²) in [5, 5.41) is 10.4. The molecule has 2 saturated heterocycles. The zero-order valence-electron chi connectivity index (χ0n) is 11.5. The Morgan fingerprint density at radius 2 is 2.30 bits per heavy atom. The van der Waals surface area contributed by atoms with Crippen molar-refractivity contribution in [3.8, 4) is 0 Å². The molecule has 1 unspecified atom stereocenters. The average molecular weight is 344 g/mol. The Hall–Kier alpha value is -1.82. The molecule has 0 bridgehead atoms. The molecule has 5 atom stereocenters. The Bertz CT molecular complexity index is 880. The smallest absolute Gasteiger partial charge is 0.386 e. The number of nitrogens with zero attached hydrogens (tertiary/aromatic N) is 3. The number of nitrogen functional groups attached to an aromatic ring is 1. The molecule has 0 radical (unpaired) electrons. The number of aromatic nitrogens is 4. The van der Waals surface area contributed by atoms with Crippen molar-refractivity contribution in [2.24, 2.45) is 5.50 Å². The molecule has 2 fully saturated rings. The van der Waals surface area contributed by atoms with E-state index in [9.17, 15) is 14.5 Å². The number of hydrogen-bond acceptors (Lipinski definition) is 9. The summed E-state index contributed by atoms with van der Waals surface area (Å²) in [5.41, 5.74) is 10.6. The van der Waals surface area contributed by atoms with Crippen LogP contribution in [0.25, 0.3) is 11.2 Å². The van der Waals surface area contributed by atoms with Crippen LogP contribution >= 0.6 is 7.75 Å². The number of aliphatic hydroxyl groups excluding tert-OH is 1. The normalized spacial score (nSPS) is 37.1. The molecule has 4 rings (SSSR count). The first-order valence-electron chi connectivity index (χ1n) is 6.63. The molecule has 12 nitrogen and oxygen atoms in total. The lowest BCUT2D eigenvalue weighted by Crippen LogP contribution is -2.40. The van der Waals surface area contributed by atoms with Gasteiger partial charge in [-0.05, 0) is 0 Å². The molecule has 4 heterocycles. The molecule has 2 aliphatic heterocycles. The van der Waals surface area contributed by atoms with Crippen molar-refractivity contribution in [3.63, 3.8) is 0 Å². The highest BCUT2D eigenvalue weighted by molar-refractivity contribution is 7.51. The quantitative estimate of drug-likeness (QED) is 0.442. The molecule has 124 valence electrons. The minimum atomic E-state index is -3.72. The fraction of sp³-hybridized carbons (Fsp3) is 0.500. The molecular weight excluding hydrogens is 331 g/mol. The highest BCUT2D eigenvalue weighted by Crippen LogP contribution is 2.50. The van der Waals surface area contributed by atoms with Crippen molar-refractivity contribution >= 4 is 24.9 Å². The first-order valence-corrected chi connectivity index (χ1v) is 8.24. The van der Waals surface area contributed by atoms with Gasteiger partial charge in [0.25, 0.3) is 5.56 Å². The van der Waals surface area contributed by atoms with Crippen molar-refractivity contribution in [2.45, 2.75) is 24.5 Å². The monoisotopic (exact) mass is 344 g/mol. The molecule has 0 spiro atoms. The van der Waals surface area contributed by atoms with Gasteiger partial charge in [0.05, 0.1) is 12.9 Å². The van der Waals surface area contributed by atoms with E-state index in [0.717, 1.165) is 0 Å². The summed E-state index contributed by atoms with van der Waals surface area (Å²) in [5.74, 6) is -0.0970. The van der Waals surface area contributed by atoms with Gasteiger partial charge in [0.1, 0.15) is 18.3 Å². The number of nitrogens with two attached hydrogens (primary N) is 2. The van der Waals surface area contributed by atoms with Gasteiger partial charge >= 0.3 is 7.75 Å². The van der Waals surface area contributed by atoms with Crippen molar-refractivity contribution in [1.29, 1.82) is 0 Å². The van der Waals surface area contributed by atoms with Gasteiger partial charge in [-0.3, -0.25) is 23.4 Å². The lowest BCUT2D eigenvalue weighted by molar-refractivity contribution is -0.0584. The largest absolute Gasteiger partial charge is 0.403 e. The molecule has 2 aromatic rings. The zero-order chi connectivity index (χ0) is 16.4. The Morgan fingerprint density at radius 3 is 3.09 bits per heavy atom. The maximum absolute atomic E-state index is 11.8. The maximum atomic E-state index is 11.8. The molecule has 2 aromatic heterocycles. The van der Waals surface area contributed by atoms with Gasteiger partial charge in [-0.2, -0.15) is 4.98 Å². The van der Waals surface area contributed by atoms with E-state index in [0.29, 0.717) is 0 Å². The maximum Gasteiger partial charge on any atom is 0.403 e. The van der Waals surface area contributed by atoms with Crippen LogP contribution in [0.2, 0.25) is 0 Å². The number of ether oxygens (including phenoxy) is 1. The van der Waals surface area contributed by atoms with Crippen LogP contribution in [0, 0.1) is 0 Å². The Labute approximate surface area is 127 Å². The van der Waals surface area contributed by atoms with E-state index in [1.807, 2.05) is 0 Å². The second-order valence-electron chi connectivity index (χ2n) is 5.24. The van der Waals surface area contributed by atoms with E-state index in [-0.39, 0.29) is 23.7 Å². The first kappa shape index (κ1) is 14.8. The SMILES string of the molecule is Nc1nc2c(ncn2[C@@H]2O[C@@H]3COP(N)(=O)O[C@H]3[C@H]2O)c(=O)[nH]1. The molecule has 13 heteroatoms. The van der Waals surface area contributed by atoms with E-state index < -0.39 is 37.8 Å². The summed E-state index contributed by atoms with van der Waals surface area (Å²) in [6.07, 6.45) is -2.48. The van der Waals surface area contributed by atoms with Crippen LogP contribution in [-0.2, 0) is 18.3 Å². The average Bonchev–Trinajstić information content (AvgIpc) is 3.00. The Morgan fingerprint density at radius 1 is 1.52 bits per heavy atom. The standard InChI is InChI=1S/C10H13N6O6P/c11-10-14-7-4(8(18)15-10)13-2-16(7)9-5(17)6-3(21-9)1-20-23(12,19)22-6/h2-3,5-6,9,17H,1H2,(H2,12,19)(H3,11,14,15,18)/t3-,5-,6-,9-,23?/m1/s1. The third kappa shape index (κ3) is 2.27. The lowest BCUT2D eigenvalue weighted by atomic mass is 10.1. The van der Waals surface area contributed by atoms with E-state index in [2.05, 4.69) is 15.0 Å². The predicted molar refractivity (Wildman–Crippen MR) is 75.1 cm³/mol. The van der Waals surface area contributed by atoms with Gasteiger partial charge in [0.15, 0.2) is 17.4 Å². The number of fused-ring (bicyclic) bond motifs is 2. The van der Waals surface area contributed by atoms with Gasteiger partial charge in [-0.1, -0.05) is 0 Å². The Kier molecular flexibility index (Phi) is 3.10. The first-order chi connectivity index (χ1) is 10.9. The van der Waals surface area contributed by atoms with Crippen molar-refractivity contribution < 1.29 is 23.5 Å². The van der Waals surface area contributed by atoms with E-state index >= 15 is 0 Å². The summed E-state index contributed by atoms with van der Waals surface area (Å²) in [4.78, 5) is 22.1. The summed E-state index contributed by atoms with van der Waals surface area (Å²) >= 11 is 0. The second kappa shape index (κ2) is 4.84. The fourth-order valence-electron chi connectivity index (χ4n) is 2.72. The number of aliphatic hydroxyl groups is 1. The number of hydrogen-bond donors (Lipinski definition) is 4. The summed E-state index contributed by atoms with van der Waals surface area (Å²) < 4.78 is 28.7. The summed E-state index contributed by atoms with van der Waals surface area (Å²) in [6, 6.07) is 0. The number of aromatic amines is 1. The molecule has 0 saturated carbocycles. The van der Waals surface area contributed by atoms with Gasteiger partial charge in [0, 0.05) is 0 Å². The van der Waals surface area contributed by atoms with Crippen molar-refractivity contribution in [3.05, 3.63) is 16.7 Å². The van der Waals surface area contributed by atoms with Crippen LogP contribution in [0.4, 0.5) is 5.95 Å². The third-order valence-corrected chi connectivity index (χ3v) is 4.77. The fourth-order valence-corrected chi connectivity index (χ4v) is 3.74. The predicted octanol–water partition coefficient (Wildman–Crippen LogP) is -1.56. The van der Waals surface area contributed by atoms with Crippen LogP contribution in [0.15, 0.2) is 11.1 Å². The molecule has 2 aliphatic rings. The zero-order valence-corrected chi connectivity index (χ0v) is 12.4. The van der Waals surface area contributed by atoms with Crippen molar-refractivity contribution in [1.82, 2.24) is 19.5 Å². The molecular formula is C10H13N6O6P. The van der Waals surface area contributed by atoms with Crippen LogP contribution < -0.4 is 16.8 Å². The second-order valence-corrected chi connectivity index (χ2v) is 6.79. The highest BCUT2D eigenvalue weighted by Gasteiger charge is 2.52. The van der Waals surface area contributed by atoms with Crippen LogP contribution in [0.1, 0.15) is 6.23 Å². The van der Waals surface area contributed by atoms with E-state index in [4.69, 9.17) is 25.0 Å². The van der Waals surface area contributed by atoms with Crippen LogP contribution in [-0.4, -0.2) is 49.5 Å². The number of anilines is 1. The van der Waals surface area contributed by atoms with Gasteiger partial charge in [-0.25, -0.2) is 15.1 Å². The molecule has 0 amide bonds. The summed E-state index contributed by atoms with van der Waals surface area (Å²) in [6.45, 7) is -0.0885. The number of H-pyrrole nitrogens is 1. The summed E-state index contributed by atoms with van der Waals surface area (Å²) in [7, 11) is -3.72. The number of rotatable bonds is 1. The number of imidazole rings is 1. The van der Waals surface area contributed by atoms with Gasteiger partial charge < -0.3 is 15.6 Å². The minimum Gasteiger partial charge on any atom is -0.386 e. The van der Waals surface area contributed by atoms with Crippen LogP contribution in [0.3, 0.4) is 0 Å². The minimum absolute atomic E-state index is 0.0477. The molecule has 23 heavy (non-hydrogen) atoms. The Balaban J connectivity index is 1.75.